The number of rotatable bonds is 22. The fourth-order valence-electron chi connectivity index (χ4n) is 8.64. The Morgan fingerprint density at radius 2 is 1.45 bits per heavy atom. The van der Waals surface area contributed by atoms with Gasteiger partial charge in [0.25, 0.3) is 0 Å². The predicted molar refractivity (Wildman–Crippen MR) is 237 cm³/mol. The lowest BCUT2D eigenvalue weighted by molar-refractivity contribution is -0.148. The van der Waals surface area contributed by atoms with Gasteiger partial charge in [-0.1, -0.05) is 103 Å². The van der Waals surface area contributed by atoms with Crippen molar-refractivity contribution in [3.05, 3.63) is 65.7 Å². The van der Waals surface area contributed by atoms with E-state index in [-0.39, 0.29) is 60.1 Å². The molecule has 0 aliphatic carbocycles. The molecule has 9 atom stereocenters. The van der Waals surface area contributed by atoms with E-state index in [1.54, 1.807) is 38.0 Å². The average molecular weight is 835 g/mol. The van der Waals surface area contributed by atoms with Crippen molar-refractivity contribution in [2.75, 3.05) is 47.2 Å². The van der Waals surface area contributed by atoms with Gasteiger partial charge in [-0.15, -0.1) is 0 Å². The van der Waals surface area contributed by atoms with Crippen LogP contribution in [0.15, 0.2) is 54.6 Å². The predicted octanol–water partition coefficient (Wildman–Crippen LogP) is 5.31. The number of hydrogen-bond donors (Lipinski definition) is 3. The van der Waals surface area contributed by atoms with Crippen LogP contribution in [0.2, 0.25) is 0 Å². The Balaban J connectivity index is 1.81. The summed E-state index contributed by atoms with van der Waals surface area (Å²) in [6.45, 7) is 16.1. The molecular formula is C47H74N6O7. The smallest absolute Gasteiger partial charge is 0.247 e. The number of carbonyl (C=O) groups is 5. The van der Waals surface area contributed by atoms with Crippen molar-refractivity contribution in [3.63, 3.8) is 0 Å². The lowest BCUT2D eigenvalue weighted by atomic mass is 9.89. The average Bonchev–Trinajstić information content (AvgIpc) is 3.69. The van der Waals surface area contributed by atoms with Gasteiger partial charge in [-0.2, -0.15) is 0 Å². The number of carbonyl (C=O) groups excluding carboxylic acids is 5. The number of likely N-dealkylation sites (tertiary alicyclic amines) is 1. The van der Waals surface area contributed by atoms with Crippen molar-refractivity contribution in [2.45, 2.75) is 130 Å². The van der Waals surface area contributed by atoms with Crippen LogP contribution in [-0.2, 0) is 39.9 Å². The molecule has 2 aromatic rings. The molecule has 13 heteroatoms. The maximum Gasteiger partial charge on any atom is 0.247 e. The number of hydrogen-bond acceptors (Lipinski definition) is 8. The summed E-state index contributed by atoms with van der Waals surface area (Å²) in [6.07, 6.45) is 1.07. The van der Waals surface area contributed by atoms with E-state index in [1.807, 2.05) is 122 Å². The van der Waals surface area contributed by atoms with Gasteiger partial charge in [-0.3, -0.25) is 28.9 Å². The molecule has 1 fully saturated rings. The molecule has 1 saturated heterocycles. The molecule has 0 bridgehead atoms. The van der Waals surface area contributed by atoms with E-state index >= 15 is 0 Å². The molecule has 0 radical (unpaired) electrons. The number of methoxy groups -OCH3 is 2. The van der Waals surface area contributed by atoms with Crippen LogP contribution >= 0.6 is 0 Å². The van der Waals surface area contributed by atoms with Crippen LogP contribution in [0.4, 0.5) is 5.69 Å². The van der Waals surface area contributed by atoms with Crippen LogP contribution in [-0.4, -0.2) is 129 Å². The van der Waals surface area contributed by atoms with Gasteiger partial charge in [0.1, 0.15) is 12.1 Å². The zero-order valence-corrected chi connectivity index (χ0v) is 38.5. The Hall–Kier alpha value is -4.33. The van der Waals surface area contributed by atoms with Crippen LogP contribution in [0.25, 0.3) is 0 Å². The van der Waals surface area contributed by atoms with Gasteiger partial charge in [0.2, 0.25) is 29.5 Å². The topological polar surface area (TPSA) is 150 Å². The third kappa shape index (κ3) is 13.3. The monoisotopic (exact) mass is 835 g/mol. The van der Waals surface area contributed by atoms with Crippen molar-refractivity contribution < 1.29 is 33.4 Å². The second-order valence-electron chi connectivity index (χ2n) is 17.6. The van der Waals surface area contributed by atoms with Crippen LogP contribution in [0, 0.1) is 30.6 Å². The van der Waals surface area contributed by atoms with Crippen molar-refractivity contribution in [1.29, 1.82) is 0 Å². The maximum atomic E-state index is 14.4. The zero-order valence-electron chi connectivity index (χ0n) is 38.5. The van der Waals surface area contributed by atoms with Crippen LogP contribution in [0.5, 0.6) is 0 Å². The SMILES string of the molecule is CC[C@H](C)[C@@H]([C@@H](CC(=O)N1CCC[C@H]1[C@H](OC)[C@@H](C)C(=O)N[C@@H](Cc1ccccc1)C(=O)Nc1ccc(C)cc1)OC)N(C)C(=O)[C@@H](NC(=O)C(C(C)C)N(C)C)C(C)C. The number of anilines is 1. The molecule has 1 heterocycles. The molecule has 5 amide bonds. The van der Waals surface area contributed by atoms with E-state index in [2.05, 4.69) is 16.0 Å². The molecule has 334 valence electrons. The largest absolute Gasteiger partial charge is 0.379 e. The third-order valence-corrected chi connectivity index (χ3v) is 12.2. The standard InChI is InChI=1S/C47H74N6O7/c1-14-32(7)42(52(11)47(58)40(29(2)3)50-46(57)41(30(4)5)51(9)10)38(59-12)28-39(54)53-26-18-21-37(53)43(60-13)33(8)44(55)49-36(27-34-19-16-15-17-20-34)45(56)48-35-24-22-31(6)23-25-35/h15-17,19-20,22-25,29-30,32-33,36-38,40-43H,14,18,21,26-28H2,1-13H3,(H,48,56)(H,49,55)(H,50,57)/t32-,33+,36-,37-,38+,40-,41?,42-,43+/m0/s1. The molecular weight excluding hydrogens is 761 g/mol. The number of ether oxygens (including phenoxy) is 2. The van der Waals surface area contributed by atoms with Crippen molar-refractivity contribution >= 4 is 35.2 Å². The Bertz CT molecular complexity index is 1680. The van der Waals surface area contributed by atoms with Gasteiger partial charge in [0.15, 0.2) is 0 Å². The first kappa shape index (κ1) is 50.0. The third-order valence-electron chi connectivity index (χ3n) is 12.2. The molecule has 0 spiro atoms. The summed E-state index contributed by atoms with van der Waals surface area (Å²) < 4.78 is 12.1. The normalized spacial score (nSPS) is 18.3. The molecule has 0 aromatic heterocycles. The van der Waals surface area contributed by atoms with E-state index in [4.69, 9.17) is 9.47 Å². The fraction of sp³-hybridized carbons (Fsp3) is 0.638. The summed E-state index contributed by atoms with van der Waals surface area (Å²) in [4.78, 5) is 75.2. The first-order chi connectivity index (χ1) is 28.4. The minimum absolute atomic E-state index is 0.00370. The van der Waals surface area contributed by atoms with Crippen LogP contribution in [0.1, 0.15) is 85.3 Å². The minimum atomic E-state index is -0.865. The van der Waals surface area contributed by atoms with Gasteiger partial charge in [-0.25, -0.2) is 0 Å². The molecule has 13 nitrogen and oxygen atoms in total. The molecule has 3 N–H and O–H groups in total. The van der Waals surface area contributed by atoms with Gasteiger partial charge in [-0.05, 0) is 69.3 Å². The summed E-state index contributed by atoms with van der Waals surface area (Å²) in [7, 11) is 8.55. The van der Waals surface area contributed by atoms with E-state index in [0.717, 1.165) is 24.0 Å². The summed E-state index contributed by atoms with van der Waals surface area (Å²) in [5, 5.41) is 9.00. The summed E-state index contributed by atoms with van der Waals surface area (Å²) in [5.74, 6) is -2.20. The molecule has 1 aliphatic rings. The molecule has 3 rings (SSSR count). The number of aryl methyl sites for hydroxylation is 1. The molecule has 60 heavy (non-hydrogen) atoms. The number of nitrogens with zero attached hydrogens (tertiary/aromatic N) is 3. The van der Waals surface area contributed by atoms with E-state index < -0.39 is 48.3 Å². The van der Waals surface area contributed by atoms with Gasteiger partial charge in [0, 0.05) is 39.9 Å². The molecule has 2 aromatic carbocycles. The van der Waals surface area contributed by atoms with Gasteiger partial charge in [0.05, 0.1) is 42.7 Å². The number of amides is 5. The summed E-state index contributed by atoms with van der Waals surface area (Å²) in [6, 6.07) is 14.1. The second-order valence-corrected chi connectivity index (χ2v) is 17.6. The number of benzene rings is 2. The highest BCUT2D eigenvalue weighted by Crippen LogP contribution is 2.30. The Morgan fingerprint density at radius 3 is 1.98 bits per heavy atom. The number of likely N-dealkylation sites (N-methyl/N-ethyl adjacent to an activating group) is 2. The lowest BCUT2D eigenvalue weighted by Crippen LogP contribution is -2.59. The van der Waals surface area contributed by atoms with Crippen molar-refractivity contribution in [1.82, 2.24) is 25.3 Å². The summed E-state index contributed by atoms with van der Waals surface area (Å²) in [5.41, 5.74) is 2.59. The summed E-state index contributed by atoms with van der Waals surface area (Å²) >= 11 is 0. The highest BCUT2D eigenvalue weighted by molar-refractivity contribution is 5.97. The van der Waals surface area contributed by atoms with Gasteiger partial charge < -0.3 is 35.2 Å². The molecule has 1 aliphatic heterocycles. The lowest BCUT2D eigenvalue weighted by Gasteiger charge is -2.41. The first-order valence-electron chi connectivity index (χ1n) is 21.7. The quantitative estimate of drug-likeness (QED) is 0.145. The van der Waals surface area contributed by atoms with Crippen LogP contribution < -0.4 is 16.0 Å². The van der Waals surface area contributed by atoms with E-state index in [1.165, 1.54) is 0 Å². The highest BCUT2D eigenvalue weighted by atomic mass is 16.5. The maximum absolute atomic E-state index is 14.4. The highest BCUT2D eigenvalue weighted by Gasteiger charge is 2.43. The number of nitrogens with one attached hydrogen (secondary N) is 3. The first-order valence-corrected chi connectivity index (χ1v) is 21.7. The Kier molecular flexibility index (Phi) is 19.7. The molecule has 1 unspecified atom stereocenters. The minimum Gasteiger partial charge on any atom is -0.379 e. The van der Waals surface area contributed by atoms with Crippen molar-refractivity contribution in [3.8, 4) is 0 Å². The van der Waals surface area contributed by atoms with Gasteiger partial charge >= 0.3 is 0 Å². The van der Waals surface area contributed by atoms with E-state index in [0.29, 0.717) is 18.7 Å². The van der Waals surface area contributed by atoms with Crippen molar-refractivity contribution in [2.24, 2.45) is 23.7 Å². The molecule has 0 saturated carbocycles. The van der Waals surface area contributed by atoms with E-state index in [9.17, 15) is 24.0 Å². The Morgan fingerprint density at radius 1 is 0.817 bits per heavy atom. The second kappa shape index (κ2) is 23.6. The van der Waals surface area contributed by atoms with Crippen LogP contribution in [0.3, 0.4) is 0 Å². The Labute approximate surface area is 359 Å². The fourth-order valence-corrected chi connectivity index (χ4v) is 8.64. The zero-order chi connectivity index (χ0) is 44.8.